The molecule has 0 heterocycles. The van der Waals surface area contributed by atoms with Crippen molar-refractivity contribution in [1.29, 1.82) is 0 Å². The van der Waals surface area contributed by atoms with Gasteiger partial charge in [-0.15, -0.1) is 0 Å². The first-order valence-electron chi connectivity index (χ1n) is 5.63. The lowest BCUT2D eigenvalue weighted by atomic mass is 9.97. The second-order valence-corrected chi connectivity index (χ2v) is 5.63. The second-order valence-electron chi connectivity index (χ2n) is 3.73. The van der Waals surface area contributed by atoms with Crippen molar-refractivity contribution in [3.05, 3.63) is 0 Å². The summed E-state index contributed by atoms with van der Waals surface area (Å²) >= 11 is 0. The quantitative estimate of drug-likeness (QED) is 0.538. The molecular formula is C10H21O6P. The average molecular weight is 268 g/mol. The van der Waals surface area contributed by atoms with Gasteiger partial charge < -0.3 is 19.3 Å². The van der Waals surface area contributed by atoms with Gasteiger partial charge in [0, 0.05) is 0 Å². The fourth-order valence-corrected chi connectivity index (χ4v) is 1.75. The summed E-state index contributed by atoms with van der Waals surface area (Å²) in [5.41, 5.74) is -1.28. The van der Waals surface area contributed by atoms with Gasteiger partial charge in [-0.25, -0.2) is 4.79 Å². The van der Waals surface area contributed by atoms with Crippen LogP contribution in [0.1, 0.15) is 40.5 Å². The summed E-state index contributed by atoms with van der Waals surface area (Å²) in [7, 11) is -4.37. The van der Waals surface area contributed by atoms with Crippen LogP contribution in [0.15, 0.2) is 0 Å². The lowest BCUT2D eigenvalue weighted by molar-refractivity contribution is -0.176. The second kappa shape index (κ2) is 6.50. The van der Waals surface area contributed by atoms with Crippen LogP contribution in [0, 0.1) is 0 Å². The van der Waals surface area contributed by atoms with E-state index in [1.54, 1.807) is 20.8 Å². The zero-order chi connectivity index (χ0) is 13.7. The highest BCUT2D eigenvalue weighted by Crippen LogP contribution is 2.44. The lowest BCUT2D eigenvalue weighted by Gasteiger charge is -2.32. The number of rotatable bonds is 7. The first-order valence-corrected chi connectivity index (χ1v) is 7.31. The zero-order valence-corrected chi connectivity index (χ0v) is 11.6. The Balaban J connectivity index is 4.96. The number of ether oxygens (including phenoxy) is 2. The number of hydrogen-bond donors (Lipinski definition) is 2. The molecule has 0 aromatic carbocycles. The minimum Gasteiger partial charge on any atom is -0.464 e. The summed E-state index contributed by atoms with van der Waals surface area (Å²) in [5, 5.41) is 0. The maximum absolute atomic E-state index is 11.8. The topological polar surface area (TPSA) is 93.1 Å². The Bertz CT molecular complexity index is 293. The lowest BCUT2D eigenvalue weighted by Crippen LogP contribution is -2.44. The van der Waals surface area contributed by atoms with Crippen LogP contribution in [-0.4, -0.2) is 33.8 Å². The highest BCUT2D eigenvalue weighted by molar-refractivity contribution is 7.52. The maximum Gasteiger partial charge on any atom is 0.353 e. The van der Waals surface area contributed by atoms with E-state index in [9.17, 15) is 9.36 Å². The van der Waals surface area contributed by atoms with Gasteiger partial charge in [-0.2, -0.15) is 0 Å². The normalized spacial score (nSPS) is 14.5. The monoisotopic (exact) mass is 268 g/mol. The van der Waals surface area contributed by atoms with Gasteiger partial charge in [0.15, 0.2) is 11.4 Å². The van der Waals surface area contributed by atoms with E-state index in [0.29, 0.717) is 12.8 Å². The van der Waals surface area contributed by atoms with E-state index in [1.807, 2.05) is 0 Å². The molecule has 1 unspecified atom stereocenters. The van der Waals surface area contributed by atoms with E-state index in [4.69, 9.17) is 19.3 Å². The molecule has 0 amide bonds. The van der Waals surface area contributed by atoms with Crippen LogP contribution in [-0.2, 0) is 18.8 Å². The van der Waals surface area contributed by atoms with Crippen molar-refractivity contribution in [2.45, 2.75) is 52.0 Å². The van der Waals surface area contributed by atoms with E-state index in [-0.39, 0.29) is 6.61 Å². The van der Waals surface area contributed by atoms with Crippen LogP contribution >= 0.6 is 7.60 Å². The highest BCUT2D eigenvalue weighted by atomic mass is 31.2. The third-order valence-electron chi connectivity index (χ3n) is 2.66. The van der Waals surface area contributed by atoms with E-state index in [1.165, 1.54) is 6.92 Å². The maximum atomic E-state index is 11.8. The summed E-state index contributed by atoms with van der Waals surface area (Å²) in [5.74, 6) is -1.91. The van der Waals surface area contributed by atoms with E-state index >= 15 is 0 Å². The highest BCUT2D eigenvalue weighted by Gasteiger charge is 2.42. The molecule has 0 aliphatic carbocycles. The molecule has 0 aliphatic rings. The Hall–Kier alpha value is -0.420. The molecule has 0 radical (unpaired) electrons. The van der Waals surface area contributed by atoms with Crippen LogP contribution in [0.2, 0.25) is 0 Å². The molecule has 0 aromatic rings. The van der Waals surface area contributed by atoms with Gasteiger partial charge in [-0.1, -0.05) is 13.8 Å². The molecule has 0 rings (SSSR count). The molecule has 1 atom stereocenters. The first-order chi connectivity index (χ1) is 7.73. The van der Waals surface area contributed by atoms with E-state index < -0.39 is 25.0 Å². The Morgan fingerprint density at radius 2 is 1.76 bits per heavy atom. The molecule has 0 fully saturated rings. The summed E-state index contributed by atoms with van der Waals surface area (Å²) < 4.78 is 21.2. The van der Waals surface area contributed by atoms with Crippen LogP contribution in [0.5, 0.6) is 0 Å². The largest absolute Gasteiger partial charge is 0.464 e. The van der Waals surface area contributed by atoms with Crippen molar-refractivity contribution >= 4 is 13.6 Å². The third-order valence-corrected chi connectivity index (χ3v) is 3.71. The van der Waals surface area contributed by atoms with Gasteiger partial charge in [0.05, 0.1) is 6.61 Å². The van der Waals surface area contributed by atoms with Crippen molar-refractivity contribution < 1.29 is 28.6 Å². The molecule has 102 valence electrons. The van der Waals surface area contributed by atoms with Crippen LogP contribution in [0.25, 0.3) is 0 Å². The summed E-state index contributed by atoms with van der Waals surface area (Å²) in [6.45, 7) is 6.55. The van der Waals surface area contributed by atoms with Crippen molar-refractivity contribution in [3.8, 4) is 0 Å². The van der Waals surface area contributed by atoms with Crippen LogP contribution < -0.4 is 0 Å². The Labute approximate surface area is 101 Å². The minimum atomic E-state index is -4.37. The number of carbonyl (C=O) groups is 1. The predicted octanol–water partition coefficient (Wildman–Crippen LogP) is 1.65. The molecule has 0 spiro atoms. The standard InChI is InChI=1S/C10H21O6P/c1-5-10(6-2,9(11)15-7-3)16-8(4)17(12,13)14/h8H,5-7H2,1-4H3,(H2,12,13,14). The zero-order valence-electron chi connectivity index (χ0n) is 10.7. The number of carbonyl (C=O) groups excluding carboxylic acids is 1. The molecule has 6 nitrogen and oxygen atoms in total. The molecule has 0 aromatic heterocycles. The molecule has 0 saturated carbocycles. The van der Waals surface area contributed by atoms with E-state index in [2.05, 4.69) is 0 Å². The molecular weight excluding hydrogens is 247 g/mol. The molecule has 17 heavy (non-hydrogen) atoms. The Morgan fingerprint density at radius 1 is 1.29 bits per heavy atom. The number of hydrogen-bond acceptors (Lipinski definition) is 4. The van der Waals surface area contributed by atoms with Crippen LogP contribution in [0.4, 0.5) is 0 Å². The Kier molecular flexibility index (Phi) is 6.34. The predicted molar refractivity (Wildman–Crippen MR) is 62.5 cm³/mol. The molecule has 7 heteroatoms. The van der Waals surface area contributed by atoms with Gasteiger partial charge in [0.1, 0.15) is 0 Å². The average Bonchev–Trinajstić information content (AvgIpc) is 2.24. The van der Waals surface area contributed by atoms with Crippen molar-refractivity contribution in [2.24, 2.45) is 0 Å². The SMILES string of the molecule is CCOC(=O)C(CC)(CC)OC(C)P(=O)(O)O. The van der Waals surface area contributed by atoms with Crippen molar-refractivity contribution in [2.75, 3.05) is 6.61 Å². The van der Waals surface area contributed by atoms with Gasteiger partial charge in [-0.3, -0.25) is 4.57 Å². The minimum absolute atomic E-state index is 0.203. The fourth-order valence-electron chi connectivity index (χ4n) is 1.41. The smallest absolute Gasteiger partial charge is 0.353 e. The Morgan fingerprint density at radius 3 is 2.06 bits per heavy atom. The summed E-state index contributed by atoms with van der Waals surface area (Å²) in [4.78, 5) is 29.8. The summed E-state index contributed by atoms with van der Waals surface area (Å²) in [6.07, 6.45) is 0.597. The van der Waals surface area contributed by atoms with Gasteiger partial charge >= 0.3 is 13.6 Å². The summed E-state index contributed by atoms with van der Waals surface area (Å²) in [6, 6.07) is 0. The molecule has 2 N–H and O–H groups in total. The molecule has 0 saturated heterocycles. The third kappa shape index (κ3) is 4.39. The van der Waals surface area contributed by atoms with Crippen molar-refractivity contribution in [1.82, 2.24) is 0 Å². The molecule has 0 bridgehead atoms. The fraction of sp³-hybridized carbons (Fsp3) is 0.900. The van der Waals surface area contributed by atoms with Gasteiger partial charge in [0.2, 0.25) is 0 Å². The van der Waals surface area contributed by atoms with Crippen LogP contribution in [0.3, 0.4) is 0 Å². The van der Waals surface area contributed by atoms with Gasteiger partial charge in [0.25, 0.3) is 0 Å². The number of esters is 1. The van der Waals surface area contributed by atoms with Crippen molar-refractivity contribution in [3.63, 3.8) is 0 Å². The van der Waals surface area contributed by atoms with E-state index in [0.717, 1.165) is 0 Å². The molecule has 0 aliphatic heterocycles. The first kappa shape index (κ1) is 16.6. The van der Waals surface area contributed by atoms with Gasteiger partial charge in [-0.05, 0) is 26.7 Å².